The maximum absolute atomic E-state index is 5.66. The van der Waals surface area contributed by atoms with Crippen molar-refractivity contribution in [3.05, 3.63) is 34.8 Å². The Balaban J connectivity index is 1.69. The molecule has 2 heterocycles. The summed E-state index contributed by atoms with van der Waals surface area (Å²) >= 11 is 1.78. The van der Waals surface area contributed by atoms with Gasteiger partial charge in [-0.3, -0.25) is 4.68 Å². The standard InChI is InChI=1S/C14H21N3OS/c1-11(2)17-10-13(9-16-17)18-7-6-15-12(3)14-5-4-8-19-14/h4-5,8-12,15H,6-7H2,1-3H3. The van der Waals surface area contributed by atoms with E-state index in [1.165, 1.54) is 4.88 Å². The highest BCUT2D eigenvalue weighted by atomic mass is 32.1. The van der Waals surface area contributed by atoms with Crippen LogP contribution in [0.1, 0.15) is 37.7 Å². The van der Waals surface area contributed by atoms with Crippen LogP contribution >= 0.6 is 11.3 Å². The largest absolute Gasteiger partial charge is 0.489 e. The molecule has 1 atom stereocenters. The molecule has 2 rings (SSSR count). The molecule has 0 bridgehead atoms. The molecule has 4 nitrogen and oxygen atoms in total. The zero-order chi connectivity index (χ0) is 13.7. The van der Waals surface area contributed by atoms with Crippen molar-refractivity contribution in [2.75, 3.05) is 13.2 Å². The van der Waals surface area contributed by atoms with Gasteiger partial charge in [-0.05, 0) is 32.2 Å². The van der Waals surface area contributed by atoms with Gasteiger partial charge < -0.3 is 10.1 Å². The van der Waals surface area contributed by atoms with Crippen molar-refractivity contribution in [3.63, 3.8) is 0 Å². The fourth-order valence-corrected chi connectivity index (χ4v) is 2.52. The molecular weight excluding hydrogens is 258 g/mol. The van der Waals surface area contributed by atoms with Crippen LogP contribution in [-0.4, -0.2) is 22.9 Å². The summed E-state index contributed by atoms with van der Waals surface area (Å²) in [5, 5.41) is 9.79. The van der Waals surface area contributed by atoms with Crippen LogP contribution in [0.15, 0.2) is 29.9 Å². The fraction of sp³-hybridized carbons (Fsp3) is 0.500. The minimum atomic E-state index is 0.370. The lowest BCUT2D eigenvalue weighted by atomic mass is 10.3. The van der Waals surface area contributed by atoms with Gasteiger partial charge in [-0.2, -0.15) is 5.10 Å². The second-order valence-electron chi connectivity index (χ2n) is 4.79. The molecule has 1 N–H and O–H groups in total. The molecule has 0 saturated heterocycles. The van der Waals surface area contributed by atoms with Crippen molar-refractivity contribution in [2.24, 2.45) is 0 Å². The third-order valence-electron chi connectivity index (χ3n) is 2.90. The van der Waals surface area contributed by atoms with Gasteiger partial charge in [0.15, 0.2) is 5.75 Å². The number of hydrogen-bond donors (Lipinski definition) is 1. The van der Waals surface area contributed by atoms with Crippen LogP contribution in [0.2, 0.25) is 0 Å². The first kappa shape index (κ1) is 14.1. The predicted molar refractivity (Wildman–Crippen MR) is 78.8 cm³/mol. The first-order chi connectivity index (χ1) is 9.16. The maximum Gasteiger partial charge on any atom is 0.157 e. The van der Waals surface area contributed by atoms with Crippen molar-refractivity contribution < 1.29 is 4.74 Å². The molecule has 19 heavy (non-hydrogen) atoms. The van der Waals surface area contributed by atoms with E-state index < -0.39 is 0 Å². The molecule has 0 aliphatic rings. The lowest BCUT2D eigenvalue weighted by Gasteiger charge is -2.12. The van der Waals surface area contributed by atoms with Gasteiger partial charge in [0.1, 0.15) is 6.61 Å². The second-order valence-corrected chi connectivity index (χ2v) is 5.77. The molecule has 0 aliphatic heterocycles. The Morgan fingerprint density at radius 2 is 2.26 bits per heavy atom. The van der Waals surface area contributed by atoms with Crippen LogP contribution in [0, 0.1) is 0 Å². The third-order valence-corrected chi connectivity index (χ3v) is 3.95. The Morgan fingerprint density at radius 3 is 2.89 bits per heavy atom. The van der Waals surface area contributed by atoms with Crippen molar-refractivity contribution in [1.29, 1.82) is 0 Å². The minimum Gasteiger partial charge on any atom is -0.489 e. The highest BCUT2D eigenvalue weighted by Gasteiger charge is 2.05. The molecule has 1 unspecified atom stereocenters. The summed E-state index contributed by atoms with van der Waals surface area (Å²) in [5.74, 6) is 0.833. The lowest BCUT2D eigenvalue weighted by molar-refractivity contribution is 0.307. The zero-order valence-corrected chi connectivity index (χ0v) is 12.5. The van der Waals surface area contributed by atoms with E-state index >= 15 is 0 Å². The number of nitrogens with zero attached hydrogens (tertiary/aromatic N) is 2. The Morgan fingerprint density at radius 1 is 1.42 bits per heavy atom. The van der Waals surface area contributed by atoms with Crippen LogP contribution in [0.25, 0.3) is 0 Å². The predicted octanol–water partition coefficient (Wildman–Crippen LogP) is 3.26. The monoisotopic (exact) mass is 279 g/mol. The lowest BCUT2D eigenvalue weighted by Crippen LogP contribution is -2.23. The van der Waals surface area contributed by atoms with E-state index in [2.05, 4.69) is 48.7 Å². The van der Waals surface area contributed by atoms with E-state index in [1.807, 2.05) is 10.9 Å². The van der Waals surface area contributed by atoms with Crippen molar-refractivity contribution in [3.8, 4) is 5.75 Å². The number of rotatable bonds is 7. The summed E-state index contributed by atoms with van der Waals surface area (Å²) in [4.78, 5) is 1.35. The van der Waals surface area contributed by atoms with Crippen LogP contribution < -0.4 is 10.1 Å². The van der Waals surface area contributed by atoms with E-state index in [4.69, 9.17) is 4.74 Å². The SMILES string of the molecule is CC(NCCOc1cnn(C(C)C)c1)c1cccs1. The fourth-order valence-electron chi connectivity index (χ4n) is 1.76. The number of thiophene rings is 1. The molecule has 0 spiro atoms. The number of hydrogen-bond acceptors (Lipinski definition) is 4. The summed E-state index contributed by atoms with van der Waals surface area (Å²) in [6.45, 7) is 7.84. The van der Waals surface area contributed by atoms with Crippen molar-refractivity contribution in [2.45, 2.75) is 32.9 Å². The maximum atomic E-state index is 5.66. The van der Waals surface area contributed by atoms with Gasteiger partial charge in [0.25, 0.3) is 0 Å². The Bertz CT molecular complexity index is 479. The molecule has 0 aromatic carbocycles. The minimum absolute atomic E-state index is 0.370. The Hall–Kier alpha value is -1.33. The summed E-state index contributed by atoms with van der Waals surface area (Å²) in [7, 11) is 0. The summed E-state index contributed by atoms with van der Waals surface area (Å²) in [5.41, 5.74) is 0. The zero-order valence-electron chi connectivity index (χ0n) is 11.7. The molecule has 104 valence electrons. The molecular formula is C14H21N3OS. The third kappa shape index (κ3) is 4.08. The van der Waals surface area contributed by atoms with Crippen LogP contribution in [0.4, 0.5) is 0 Å². The summed E-state index contributed by atoms with van der Waals surface area (Å²) in [6, 6.07) is 4.97. The molecule has 0 amide bonds. The van der Waals surface area contributed by atoms with Gasteiger partial charge in [0, 0.05) is 23.5 Å². The highest BCUT2D eigenvalue weighted by Crippen LogP contribution is 2.17. The first-order valence-corrected chi connectivity index (χ1v) is 7.48. The van der Waals surface area contributed by atoms with Crippen molar-refractivity contribution in [1.82, 2.24) is 15.1 Å². The van der Waals surface area contributed by atoms with E-state index in [0.717, 1.165) is 12.3 Å². The van der Waals surface area contributed by atoms with Gasteiger partial charge in [0.2, 0.25) is 0 Å². The highest BCUT2D eigenvalue weighted by molar-refractivity contribution is 7.10. The van der Waals surface area contributed by atoms with Gasteiger partial charge in [-0.1, -0.05) is 6.07 Å². The average molecular weight is 279 g/mol. The molecule has 2 aromatic heterocycles. The van der Waals surface area contributed by atoms with Gasteiger partial charge in [-0.25, -0.2) is 0 Å². The quantitative estimate of drug-likeness (QED) is 0.791. The van der Waals surface area contributed by atoms with Gasteiger partial charge >= 0.3 is 0 Å². The topological polar surface area (TPSA) is 39.1 Å². The second kappa shape index (κ2) is 6.73. The average Bonchev–Trinajstić information content (AvgIpc) is 3.05. The smallest absolute Gasteiger partial charge is 0.157 e. The first-order valence-electron chi connectivity index (χ1n) is 6.60. The van der Waals surface area contributed by atoms with E-state index in [0.29, 0.717) is 18.7 Å². The Kier molecular flexibility index (Phi) is 4.99. The van der Waals surface area contributed by atoms with Gasteiger partial charge in [-0.15, -0.1) is 11.3 Å². The van der Waals surface area contributed by atoms with Crippen molar-refractivity contribution >= 4 is 11.3 Å². The molecule has 2 aromatic rings. The molecule has 0 aliphatic carbocycles. The number of nitrogens with one attached hydrogen (secondary N) is 1. The number of aromatic nitrogens is 2. The normalized spacial score (nSPS) is 12.8. The molecule has 5 heteroatoms. The molecule has 0 saturated carbocycles. The van der Waals surface area contributed by atoms with E-state index in [1.54, 1.807) is 17.5 Å². The van der Waals surface area contributed by atoms with Gasteiger partial charge in [0.05, 0.1) is 12.4 Å². The van der Waals surface area contributed by atoms with E-state index in [9.17, 15) is 0 Å². The van der Waals surface area contributed by atoms with Crippen LogP contribution in [-0.2, 0) is 0 Å². The van der Waals surface area contributed by atoms with E-state index in [-0.39, 0.29) is 0 Å². The molecule has 0 radical (unpaired) electrons. The summed E-state index contributed by atoms with van der Waals surface area (Å²) < 4.78 is 7.56. The Labute approximate surface area is 118 Å². The van der Waals surface area contributed by atoms with Crippen LogP contribution in [0.5, 0.6) is 5.75 Å². The van der Waals surface area contributed by atoms with Crippen LogP contribution in [0.3, 0.4) is 0 Å². The number of ether oxygens (including phenoxy) is 1. The molecule has 0 fully saturated rings. The summed E-state index contributed by atoms with van der Waals surface area (Å²) in [6.07, 6.45) is 3.70.